The zero-order valence-electron chi connectivity index (χ0n) is 22.7. The highest BCUT2D eigenvalue weighted by atomic mass is 16.5. The van der Waals surface area contributed by atoms with Crippen LogP contribution in [0.5, 0.6) is 5.75 Å². The molecule has 11 nitrogen and oxygen atoms in total. The first-order valence-electron chi connectivity index (χ1n) is 12.8. The van der Waals surface area contributed by atoms with Crippen molar-refractivity contribution in [2.45, 2.75) is 6.92 Å². The molecule has 3 N–H and O–H groups in total. The predicted octanol–water partition coefficient (Wildman–Crippen LogP) is 2.82. The van der Waals surface area contributed by atoms with Crippen LogP contribution in [0, 0.1) is 6.92 Å². The fraction of sp³-hybridized carbons (Fsp3) is 0.393. The van der Waals surface area contributed by atoms with E-state index in [4.69, 9.17) is 14.9 Å². The van der Waals surface area contributed by atoms with Crippen molar-refractivity contribution in [1.82, 2.24) is 9.80 Å². The Morgan fingerprint density at radius 2 is 1.38 bits per heavy atom. The maximum atomic E-state index is 12.9. The van der Waals surface area contributed by atoms with Gasteiger partial charge in [-0.2, -0.15) is 0 Å². The molecule has 2 aromatic carbocycles. The summed E-state index contributed by atoms with van der Waals surface area (Å²) < 4.78 is 5.58. The summed E-state index contributed by atoms with van der Waals surface area (Å²) in [5.41, 5.74) is 4.38. The Bertz CT molecular complexity index is 1150. The van der Waals surface area contributed by atoms with Crippen molar-refractivity contribution in [1.29, 1.82) is 0 Å². The molecule has 0 aliphatic carbocycles. The highest BCUT2D eigenvalue weighted by molar-refractivity contribution is 5.91. The molecule has 2 fully saturated rings. The van der Waals surface area contributed by atoms with Gasteiger partial charge in [-0.1, -0.05) is 18.2 Å². The summed E-state index contributed by atoms with van der Waals surface area (Å²) in [6.07, 6.45) is 1.12. The van der Waals surface area contributed by atoms with Crippen molar-refractivity contribution in [3.8, 4) is 5.75 Å². The number of carboxylic acid groups (broad SMARTS) is 2. The van der Waals surface area contributed by atoms with Gasteiger partial charge in [-0.25, -0.2) is 14.4 Å². The van der Waals surface area contributed by atoms with Crippen LogP contribution >= 0.6 is 0 Å². The Balaban J connectivity index is 0.000000459. The predicted molar refractivity (Wildman–Crippen MR) is 151 cm³/mol. The van der Waals surface area contributed by atoms with Crippen molar-refractivity contribution >= 4 is 35.0 Å². The van der Waals surface area contributed by atoms with Crippen molar-refractivity contribution in [2.75, 3.05) is 81.6 Å². The molecule has 0 aromatic heterocycles. The zero-order valence-corrected chi connectivity index (χ0v) is 22.7. The minimum absolute atomic E-state index is 0.0427. The van der Waals surface area contributed by atoms with E-state index in [-0.39, 0.29) is 6.03 Å². The third-order valence-corrected chi connectivity index (χ3v) is 6.67. The number of nitrogens with zero attached hydrogens (tertiary/aromatic N) is 4. The normalized spacial score (nSPS) is 15.9. The van der Waals surface area contributed by atoms with Gasteiger partial charge in [-0.3, -0.25) is 0 Å². The fourth-order valence-electron chi connectivity index (χ4n) is 4.48. The number of ether oxygens (including phenoxy) is 1. The van der Waals surface area contributed by atoms with E-state index in [1.807, 2.05) is 23.1 Å². The number of aliphatic carboxylic acids is 2. The number of nitrogens with one attached hydrogen (secondary N) is 1. The molecular formula is C28H37N5O6. The number of rotatable bonds is 6. The molecule has 0 unspecified atom stereocenters. The number of carbonyl (C=O) groups excluding carboxylic acids is 1. The summed E-state index contributed by atoms with van der Waals surface area (Å²) in [6, 6.07) is 14.3. The number of anilines is 3. The molecule has 0 radical (unpaired) electrons. The number of amides is 2. The minimum atomic E-state index is -1.26. The highest BCUT2D eigenvalue weighted by Crippen LogP contribution is 2.32. The van der Waals surface area contributed by atoms with Gasteiger partial charge in [0.1, 0.15) is 5.75 Å². The lowest BCUT2D eigenvalue weighted by Gasteiger charge is -2.37. The summed E-state index contributed by atoms with van der Waals surface area (Å²) >= 11 is 0. The molecule has 210 valence electrons. The Hall–Kier alpha value is -4.25. The van der Waals surface area contributed by atoms with Gasteiger partial charge in [0.2, 0.25) is 0 Å². The molecule has 2 aliphatic heterocycles. The molecule has 2 saturated heterocycles. The second-order valence-electron chi connectivity index (χ2n) is 9.38. The zero-order chi connectivity index (χ0) is 28.4. The quantitative estimate of drug-likeness (QED) is 0.475. The van der Waals surface area contributed by atoms with Crippen LogP contribution in [0.3, 0.4) is 0 Å². The van der Waals surface area contributed by atoms with Crippen LogP contribution in [-0.4, -0.2) is 104 Å². The van der Waals surface area contributed by atoms with E-state index in [2.05, 4.69) is 58.3 Å². The lowest BCUT2D eigenvalue weighted by Crippen LogP contribution is -2.50. The van der Waals surface area contributed by atoms with Crippen molar-refractivity contribution in [2.24, 2.45) is 0 Å². The summed E-state index contributed by atoms with van der Waals surface area (Å²) in [5, 5.41) is 18.7. The Morgan fingerprint density at radius 3 is 1.95 bits per heavy atom. The topological polar surface area (TPSA) is 126 Å². The van der Waals surface area contributed by atoms with E-state index in [0.29, 0.717) is 25.2 Å². The second kappa shape index (κ2) is 14.1. The van der Waals surface area contributed by atoms with Gasteiger partial charge in [-0.15, -0.1) is 0 Å². The van der Waals surface area contributed by atoms with Crippen molar-refractivity contribution in [3.63, 3.8) is 0 Å². The average Bonchev–Trinajstić information content (AvgIpc) is 2.93. The van der Waals surface area contributed by atoms with Crippen LogP contribution in [0.4, 0.5) is 21.9 Å². The molecule has 0 atom stereocenters. The second-order valence-corrected chi connectivity index (χ2v) is 9.38. The van der Waals surface area contributed by atoms with Crippen molar-refractivity contribution in [3.05, 3.63) is 60.2 Å². The number of hydrogen-bond donors (Lipinski definition) is 3. The van der Waals surface area contributed by atoms with Gasteiger partial charge in [0.15, 0.2) is 0 Å². The van der Waals surface area contributed by atoms with E-state index in [0.717, 1.165) is 56.4 Å². The smallest absolute Gasteiger partial charge is 0.328 e. The number of hydrogen-bond acceptors (Lipinski definition) is 7. The third kappa shape index (κ3) is 8.64. The number of piperazine rings is 2. The lowest BCUT2D eigenvalue weighted by molar-refractivity contribution is -0.134. The molecule has 2 heterocycles. The fourth-order valence-corrected chi connectivity index (χ4v) is 4.48. The van der Waals surface area contributed by atoms with Crippen molar-refractivity contribution < 1.29 is 29.3 Å². The number of urea groups is 1. The molecule has 4 rings (SSSR count). The van der Waals surface area contributed by atoms with E-state index in [1.165, 1.54) is 11.3 Å². The van der Waals surface area contributed by atoms with E-state index in [9.17, 15) is 14.4 Å². The van der Waals surface area contributed by atoms with Gasteiger partial charge in [-0.05, 0) is 43.8 Å². The molecule has 11 heteroatoms. The molecule has 0 bridgehead atoms. The number of carboxylic acids is 2. The largest absolute Gasteiger partial charge is 0.495 e. The molecule has 0 spiro atoms. The monoisotopic (exact) mass is 539 g/mol. The number of para-hydroxylation sites is 1. The SMILES string of the molecule is COc1ccc(NC(=O)N2CCN(c3ccccc3C)CC2)cc1N1CCN(C)CC1.O=C(O)/C=C/C(=O)O. The molecule has 2 amide bonds. The Morgan fingerprint density at radius 1 is 0.821 bits per heavy atom. The van der Waals surface area contributed by atoms with Crippen LogP contribution in [-0.2, 0) is 9.59 Å². The standard InChI is InChI=1S/C24H33N5O2.C4H4O4/c1-19-6-4-5-7-21(19)27-14-16-29(17-15-27)24(30)25-20-8-9-23(31-3)22(18-20)28-12-10-26(2)11-13-28;5-3(6)1-2-4(7)8/h4-9,18H,10-17H2,1-3H3,(H,25,30);1-2H,(H,5,6)(H,7,8)/b;2-1+. The molecule has 2 aromatic rings. The third-order valence-electron chi connectivity index (χ3n) is 6.67. The van der Waals surface area contributed by atoms with Crippen LogP contribution in [0.15, 0.2) is 54.6 Å². The van der Waals surface area contributed by atoms with Crippen LogP contribution in [0.2, 0.25) is 0 Å². The van der Waals surface area contributed by atoms with Gasteiger partial charge in [0, 0.05) is 75.9 Å². The first-order chi connectivity index (χ1) is 18.7. The lowest BCUT2D eigenvalue weighted by atomic mass is 10.1. The van der Waals surface area contributed by atoms with Crippen LogP contribution in [0.25, 0.3) is 0 Å². The first-order valence-corrected chi connectivity index (χ1v) is 12.8. The Labute approximate surface area is 228 Å². The van der Waals surface area contributed by atoms with Crippen LogP contribution in [0.1, 0.15) is 5.56 Å². The van der Waals surface area contributed by atoms with Gasteiger partial charge in [0.05, 0.1) is 12.8 Å². The first kappa shape index (κ1) is 29.3. The summed E-state index contributed by atoms with van der Waals surface area (Å²) in [5.74, 6) is -1.67. The summed E-state index contributed by atoms with van der Waals surface area (Å²) in [6.45, 7) is 9.17. The molecule has 39 heavy (non-hydrogen) atoms. The average molecular weight is 540 g/mol. The maximum Gasteiger partial charge on any atom is 0.328 e. The van der Waals surface area contributed by atoms with Gasteiger partial charge < -0.3 is 39.9 Å². The maximum absolute atomic E-state index is 12.9. The number of carbonyl (C=O) groups is 3. The number of likely N-dealkylation sites (N-methyl/N-ethyl adjacent to an activating group) is 1. The van der Waals surface area contributed by atoms with E-state index in [1.54, 1.807) is 7.11 Å². The minimum Gasteiger partial charge on any atom is -0.495 e. The molecule has 2 aliphatic rings. The molecular weight excluding hydrogens is 502 g/mol. The number of benzene rings is 2. The van der Waals surface area contributed by atoms with Gasteiger partial charge in [0.25, 0.3) is 0 Å². The van der Waals surface area contributed by atoms with E-state index >= 15 is 0 Å². The summed E-state index contributed by atoms with van der Waals surface area (Å²) in [4.78, 5) is 40.9. The number of aryl methyl sites for hydroxylation is 1. The molecule has 0 saturated carbocycles. The van der Waals surface area contributed by atoms with Gasteiger partial charge >= 0.3 is 18.0 Å². The summed E-state index contributed by atoms with van der Waals surface area (Å²) in [7, 11) is 3.84. The van der Waals surface area contributed by atoms with Crippen LogP contribution < -0.4 is 19.9 Å². The van der Waals surface area contributed by atoms with E-state index < -0.39 is 11.9 Å². The number of methoxy groups -OCH3 is 1. The Kier molecular flexibility index (Phi) is 10.6. The highest BCUT2D eigenvalue weighted by Gasteiger charge is 2.23.